The first-order valence-corrected chi connectivity index (χ1v) is 4.05. The lowest BCUT2D eigenvalue weighted by Gasteiger charge is -2.19. The highest BCUT2D eigenvalue weighted by Gasteiger charge is 2.39. The highest BCUT2D eigenvalue weighted by Crippen LogP contribution is 2.44. The Morgan fingerprint density at radius 3 is 2.70 bits per heavy atom. The molecule has 2 saturated carbocycles. The van der Waals surface area contributed by atoms with Gasteiger partial charge in [-0.25, -0.2) is 0 Å². The van der Waals surface area contributed by atoms with Gasteiger partial charge < -0.3 is 5.32 Å². The van der Waals surface area contributed by atoms with Crippen LogP contribution in [0, 0.1) is 23.3 Å². The molecular weight excluding hydrogens is 124 g/mol. The second-order valence-electron chi connectivity index (χ2n) is 3.54. The quantitative estimate of drug-likeness (QED) is 0.435. The average molecular weight is 136 g/mol. The largest absolute Gasteiger partial charge is 0.320 e. The summed E-state index contributed by atoms with van der Waals surface area (Å²) in [6.07, 6.45) is 7.43. The predicted octanol–water partition coefficient (Wildman–Crippen LogP) is 1.25. The normalized spacial score (nSPS) is 43.3. The Balaban J connectivity index is 1.97. The van der Waals surface area contributed by atoms with Gasteiger partial charge in [-0.15, -0.1) is 0 Å². The maximum atomic E-state index is 8.39. The van der Waals surface area contributed by atoms with Crippen molar-refractivity contribution in [1.82, 2.24) is 5.32 Å². The van der Waals surface area contributed by atoms with Crippen LogP contribution in [-0.2, 0) is 0 Å². The van der Waals surface area contributed by atoms with Crippen LogP contribution in [0.25, 0.3) is 0 Å². The zero-order chi connectivity index (χ0) is 6.97. The standard InChI is InChI=1S/C8H12N2/c9-5-10-8-4-6-1-2-7(8)3-6/h6-8,10H,1-4H2/t6-,7+,8+/m0/s1. The number of nitrogens with one attached hydrogen (secondary N) is 1. The molecular formula is C8H12N2. The molecule has 2 nitrogen and oxygen atoms in total. The highest BCUT2D eigenvalue weighted by atomic mass is 14.9. The van der Waals surface area contributed by atoms with Crippen LogP contribution in [0.15, 0.2) is 0 Å². The third-order valence-corrected chi connectivity index (χ3v) is 2.99. The molecule has 0 amide bonds. The molecule has 2 aliphatic carbocycles. The Morgan fingerprint density at radius 2 is 2.20 bits per heavy atom. The van der Waals surface area contributed by atoms with Gasteiger partial charge in [0.05, 0.1) is 0 Å². The molecule has 1 N–H and O–H groups in total. The summed E-state index contributed by atoms with van der Waals surface area (Å²) in [5, 5.41) is 11.3. The number of hydrogen-bond donors (Lipinski definition) is 1. The van der Waals surface area contributed by atoms with Crippen LogP contribution >= 0.6 is 0 Å². The minimum Gasteiger partial charge on any atom is -0.320 e. The Bertz CT molecular complexity index is 171. The van der Waals surface area contributed by atoms with Crippen molar-refractivity contribution in [3.63, 3.8) is 0 Å². The fourth-order valence-corrected chi connectivity index (χ4v) is 2.50. The van der Waals surface area contributed by atoms with Crippen LogP contribution < -0.4 is 5.32 Å². The first-order valence-electron chi connectivity index (χ1n) is 4.05. The van der Waals surface area contributed by atoms with Gasteiger partial charge >= 0.3 is 0 Å². The summed E-state index contributed by atoms with van der Waals surface area (Å²) in [6, 6.07) is 0.531. The van der Waals surface area contributed by atoms with Gasteiger partial charge in [0.15, 0.2) is 6.19 Å². The minimum absolute atomic E-state index is 0.531. The summed E-state index contributed by atoms with van der Waals surface area (Å²) < 4.78 is 0. The summed E-state index contributed by atoms with van der Waals surface area (Å²) >= 11 is 0. The van der Waals surface area contributed by atoms with Gasteiger partial charge in [-0.1, -0.05) is 6.42 Å². The van der Waals surface area contributed by atoms with E-state index in [0.29, 0.717) is 6.04 Å². The van der Waals surface area contributed by atoms with E-state index in [1.165, 1.54) is 25.7 Å². The molecule has 2 bridgehead atoms. The molecule has 0 saturated heterocycles. The minimum atomic E-state index is 0.531. The van der Waals surface area contributed by atoms with Gasteiger partial charge in [-0.05, 0) is 31.1 Å². The molecule has 0 aromatic carbocycles. The molecule has 0 aromatic heterocycles. The maximum absolute atomic E-state index is 8.39. The van der Waals surface area contributed by atoms with Gasteiger partial charge in [0.2, 0.25) is 0 Å². The van der Waals surface area contributed by atoms with Gasteiger partial charge in [-0.3, -0.25) is 0 Å². The lowest BCUT2D eigenvalue weighted by Crippen LogP contribution is -2.29. The Hall–Kier alpha value is -0.710. The van der Waals surface area contributed by atoms with Crippen molar-refractivity contribution in [3.8, 4) is 6.19 Å². The van der Waals surface area contributed by atoms with E-state index < -0.39 is 0 Å². The number of rotatable bonds is 1. The first kappa shape index (κ1) is 6.03. The number of nitrogens with zero attached hydrogens (tertiary/aromatic N) is 1. The molecule has 0 heterocycles. The second kappa shape index (κ2) is 2.16. The molecule has 2 rings (SSSR count). The van der Waals surface area contributed by atoms with E-state index in [2.05, 4.69) is 5.32 Å². The summed E-state index contributed by atoms with van der Waals surface area (Å²) in [4.78, 5) is 0. The third-order valence-electron chi connectivity index (χ3n) is 2.99. The molecule has 54 valence electrons. The molecule has 0 aromatic rings. The Morgan fingerprint density at radius 1 is 1.30 bits per heavy atom. The van der Waals surface area contributed by atoms with Crippen LogP contribution in [0.3, 0.4) is 0 Å². The zero-order valence-electron chi connectivity index (χ0n) is 6.01. The van der Waals surface area contributed by atoms with Crippen LogP contribution in [0.1, 0.15) is 25.7 Å². The van der Waals surface area contributed by atoms with E-state index in [1.807, 2.05) is 6.19 Å². The topological polar surface area (TPSA) is 35.8 Å². The Kier molecular flexibility index (Phi) is 1.30. The van der Waals surface area contributed by atoms with Crippen molar-refractivity contribution in [2.45, 2.75) is 31.7 Å². The lowest BCUT2D eigenvalue weighted by atomic mass is 9.96. The summed E-state index contributed by atoms with van der Waals surface area (Å²) in [5.74, 6) is 1.76. The zero-order valence-corrected chi connectivity index (χ0v) is 6.01. The van der Waals surface area contributed by atoms with Gasteiger partial charge in [0.1, 0.15) is 0 Å². The maximum Gasteiger partial charge on any atom is 0.176 e. The monoisotopic (exact) mass is 136 g/mol. The summed E-state index contributed by atoms with van der Waals surface area (Å²) in [7, 11) is 0. The number of hydrogen-bond acceptors (Lipinski definition) is 2. The molecule has 0 unspecified atom stereocenters. The predicted molar refractivity (Wildman–Crippen MR) is 38.0 cm³/mol. The van der Waals surface area contributed by atoms with Crippen molar-refractivity contribution in [3.05, 3.63) is 0 Å². The number of nitriles is 1. The smallest absolute Gasteiger partial charge is 0.176 e. The van der Waals surface area contributed by atoms with Crippen molar-refractivity contribution in [2.24, 2.45) is 11.8 Å². The summed E-state index contributed by atoms with van der Waals surface area (Å²) in [5.41, 5.74) is 0. The fraction of sp³-hybridized carbons (Fsp3) is 0.875. The number of fused-ring (bicyclic) bond motifs is 2. The van der Waals surface area contributed by atoms with E-state index in [4.69, 9.17) is 5.26 Å². The second-order valence-corrected chi connectivity index (χ2v) is 3.54. The lowest BCUT2D eigenvalue weighted by molar-refractivity contribution is 0.385. The van der Waals surface area contributed by atoms with Crippen LogP contribution in [-0.4, -0.2) is 6.04 Å². The van der Waals surface area contributed by atoms with Crippen LogP contribution in [0.4, 0.5) is 0 Å². The van der Waals surface area contributed by atoms with E-state index in [-0.39, 0.29) is 0 Å². The third kappa shape index (κ3) is 0.775. The van der Waals surface area contributed by atoms with Gasteiger partial charge in [0.25, 0.3) is 0 Å². The van der Waals surface area contributed by atoms with E-state index >= 15 is 0 Å². The molecule has 0 radical (unpaired) electrons. The van der Waals surface area contributed by atoms with Crippen LogP contribution in [0.5, 0.6) is 0 Å². The van der Waals surface area contributed by atoms with Crippen molar-refractivity contribution < 1.29 is 0 Å². The van der Waals surface area contributed by atoms with Gasteiger partial charge in [0, 0.05) is 6.04 Å². The molecule has 2 fully saturated rings. The van der Waals surface area contributed by atoms with E-state index in [1.54, 1.807) is 0 Å². The fourth-order valence-electron chi connectivity index (χ4n) is 2.50. The highest BCUT2D eigenvalue weighted by molar-refractivity contribution is 4.96. The summed E-state index contributed by atoms with van der Waals surface area (Å²) in [6.45, 7) is 0. The molecule has 0 spiro atoms. The average Bonchev–Trinajstić information content (AvgIpc) is 2.48. The van der Waals surface area contributed by atoms with Crippen molar-refractivity contribution >= 4 is 0 Å². The molecule has 0 aliphatic heterocycles. The van der Waals surface area contributed by atoms with Crippen molar-refractivity contribution in [2.75, 3.05) is 0 Å². The Labute approximate surface area is 61.2 Å². The SMILES string of the molecule is N#CN[C@@H]1C[C@H]2CC[C@@H]1C2. The first-order chi connectivity index (χ1) is 4.90. The molecule has 2 aliphatic rings. The van der Waals surface area contributed by atoms with E-state index in [0.717, 1.165) is 11.8 Å². The molecule has 2 heteroatoms. The van der Waals surface area contributed by atoms with E-state index in [9.17, 15) is 0 Å². The van der Waals surface area contributed by atoms with Crippen molar-refractivity contribution in [1.29, 1.82) is 5.26 Å². The molecule has 10 heavy (non-hydrogen) atoms. The van der Waals surface area contributed by atoms with Crippen LogP contribution in [0.2, 0.25) is 0 Å². The van der Waals surface area contributed by atoms with Gasteiger partial charge in [-0.2, -0.15) is 5.26 Å². The molecule has 3 atom stereocenters.